The molecule has 0 saturated heterocycles. The summed E-state index contributed by atoms with van der Waals surface area (Å²) in [5.74, 6) is -0.530. The first-order valence-corrected chi connectivity index (χ1v) is 43.0. The molecule has 0 bridgehead atoms. The zero-order valence-corrected chi connectivity index (χ0v) is 64.5. The van der Waals surface area contributed by atoms with Gasteiger partial charge in [0, 0.05) is 25.7 Å². The second-order valence-electron chi connectivity index (χ2n) is 28.5. The van der Waals surface area contributed by atoms with Gasteiger partial charge in [0.2, 0.25) is 0 Å². The summed E-state index contributed by atoms with van der Waals surface area (Å²) in [6.45, 7) is 9.59. The number of rotatable bonds is 76. The summed E-state index contributed by atoms with van der Waals surface area (Å²) in [5, 5.41) is 10.6. The zero-order chi connectivity index (χ0) is 70.7. The van der Waals surface area contributed by atoms with E-state index in [1.165, 1.54) is 205 Å². The van der Waals surface area contributed by atoms with E-state index in [9.17, 15) is 43.2 Å². The largest absolute Gasteiger partial charge is 0.472 e. The number of phosphoric acid groups is 2. The van der Waals surface area contributed by atoms with E-state index in [0.29, 0.717) is 25.7 Å². The van der Waals surface area contributed by atoms with Crippen LogP contribution in [0, 0.1) is 11.8 Å². The zero-order valence-electron chi connectivity index (χ0n) is 62.7. The summed E-state index contributed by atoms with van der Waals surface area (Å²) in [6, 6.07) is 0. The average molecular weight is 1410 g/mol. The van der Waals surface area contributed by atoms with Gasteiger partial charge in [-0.3, -0.25) is 37.3 Å². The molecule has 6 atom stereocenters. The molecule has 17 nitrogen and oxygen atoms in total. The lowest BCUT2D eigenvalue weighted by atomic mass is 9.99. The number of esters is 4. The van der Waals surface area contributed by atoms with Crippen molar-refractivity contribution in [2.24, 2.45) is 11.8 Å². The summed E-state index contributed by atoms with van der Waals surface area (Å²) in [4.78, 5) is 72.7. The monoisotopic (exact) mass is 1410 g/mol. The van der Waals surface area contributed by atoms with Crippen LogP contribution in [0.15, 0.2) is 0 Å². The average Bonchev–Trinajstić information content (AvgIpc) is 1.49. The summed E-state index contributed by atoms with van der Waals surface area (Å²) in [6.07, 6.45) is 57.1. The summed E-state index contributed by atoms with van der Waals surface area (Å²) in [7, 11) is -9.91. The smallest absolute Gasteiger partial charge is 0.462 e. The molecule has 3 unspecified atom stereocenters. The van der Waals surface area contributed by atoms with E-state index in [1.54, 1.807) is 0 Å². The van der Waals surface area contributed by atoms with E-state index in [0.717, 1.165) is 115 Å². The molecule has 0 heterocycles. The van der Waals surface area contributed by atoms with Crippen molar-refractivity contribution in [3.63, 3.8) is 0 Å². The topological polar surface area (TPSA) is 237 Å². The Kier molecular flexibility index (Phi) is 67.4. The number of hydrogen-bond acceptors (Lipinski definition) is 15. The first-order chi connectivity index (χ1) is 46.4. The van der Waals surface area contributed by atoms with Gasteiger partial charge in [0.1, 0.15) is 19.3 Å². The Bertz CT molecular complexity index is 1860. The highest BCUT2D eigenvalue weighted by Crippen LogP contribution is 2.45. The SMILES string of the molecule is CCCCCCCCCCCCCCCCCCC(=O)OC[C@H](COP(=O)(O)OC[C@@H](O)COP(=O)(O)OC[C@@H](COC(=O)CCCCCCCCC)OC(=O)CCCCCCCCCCC(C)CC)OC(=O)CCCCCCCCCCCCCCCCCCCCC(C)C. The maximum absolute atomic E-state index is 13.1. The highest BCUT2D eigenvalue weighted by atomic mass is 31.2. The number of carbonyl (C=O) groups is 4. The number of carbonyl (C=O) groups excluding carboxylic acids is 4. The van der Waals surface area contributed by atoms with Gasteiger partial charge in [0.15, 0.2) is 12.2 Å². The Balaban J connectivity index is 5.17. The molecule has 0 radical (unpaired) electrons. The number of phosphoric ester groups is 2. The van der Waals surface area contributed by atoms with Crippen molar-refractivity contribution in [2.75, 3.05) is 39.6 Å². The summed E-state index contributed by atoms with van der Waals surface area (Å²) >= 11 is 0. The third-order valence-corrected chi connectivity index (χ3v) is 20.2. The lowest BCUT2D eigenvalue weighted by molar-refractivity contribution is -0.161. The van der Waals surface area contributed by atoms with E-state index in [-0.39, 0.29) is 25.7 Å². The number of aliphatic hydroxyl groups is 1. The van der Waals surface area contributed by atoms with Crippen LogP contribution in [0.1, 0.15) is 401 Å². The Labute approximate surface area is 588 Å². The van der Waals surface area contributed by atoms with Crippen LogP contribution in [-0.2, 0) is 65.4 Å². The van der Waals surface area contributed by atoms with Crippen LogP contribution in [0.4, 0.5) is 0 Å². The molecule has 3 N–H and O–H groups in total. The van der Waals surface area contributed by atoms with Crippen LogP contribution in [-0.4, -0.2) is 96.7 Å². The number of ether oxygens (including phenoxy) is 4. The van der Waals surface area contributed by atoms with E-state index in [1.807, 2.05) is 0 Å². The first-order valence-electron chi connectivity index (χ1n) is 40.0. The van der Waals surface area contributed by atoms with E-state index >= 15 is 0 Å². The summed E-state index contributed by atoms with van der Waals surface area (Å²) in [5.41, 5.74) is 0. The van der Waals surface area contributed by atoms with Crippen LogP contribution >= 0.6 is 15.6 Å². The Morgan fingerprint density at radius 2 is 0.531 bits per heavy atom. The van der Waals surface area contributed by atoms with E-state index in [4.69, 9.17) is 37.0 Å². The molecule has 0 saturated carbocycles. The van der Waals surface area contributed by atoms with Crippen LogP contribution in [0.5, 0.6) is 0 Å². The highest BCUT2D eigenvalue weighted by molar-refractivity contribution is 7.47. The third-order valence-electron chi connectivity index (χ3n) is 18.3. The number of unbranched alkanes of at least 4 members (excludes halogenated alkanes) is 45. The highest BCUT2D eigenvalue weighted by Gasteiger charge is 2.30. The molecule has 0 amide bonds. The molecule has 0 fully saturated rings. The maximum atomic E-state index is 13.1. The maximum Gasteiger partial charge on any atom is 0.472 e. The van der Waals surface area contributed by atoms with Crippen LogP contribution in [0.3, 0.4) is 0 Å². The lowest BCUT2D eigenvalue weighted by Gasteiger charge is -2.21. The molecule has 0 aliphatic rings. The number of hydrogen-bond donors (Lipinski definition) is 3. The first kappa shape index (κ1) is 94.1. The van der Waals surface area contributed by atoms with Gasteiger partial charge in [0.05, 0.1) is 26.4 Å². The van der Waals surface area contributed by atoms with Crippen LogP contribution in [0.25, 0.3) is 0 Å². The van der Waals surface area contributed by atoms with Gasteiger partial charge in [-0.05, 0) is 37.5 Å². The molecule has 96 heavy (non-hydrogen) atoms. The minimum absolute atomic E-state index is 0.105. The normalized spacial score (nSPS) is 14.3. The lowest BCUT2D eigenvalue weighted by Crippen LogP contribution is -2.30. The molecule has 0 aromatic heterocycles. The summed E-state index contributed by atoms with van der Waals surface area (Å²) < 4.78 is 68.4. The molecule has 0 aromatic rings. The molecule has 570 valence electrons. The van der Waals surface area contributed by atoms with Gasteiger partial charge >= 0.3 is 39.5 Å². The molecule has 19 heteroatoms. The predicted octanol–water partition coefficient (Wildman–Crippen LogP) is 22.7. The Morgan fingerprint density at radius 1 is 0.302 bits per heavy atom. The van der Waals surface area contributed by atoms with E-state index in [2.05, 4.69) is 41.5 Å². The quantitative estimate of drug-likeness (QED) is 0.0222. The van der Waals surface area contributed by atoms with Crippen molar-refractivity contribution in [2.45, 2.75) is 419 Å². The molecular weight excluding hydrogens is 1260 g/mol. The fourth-order valence-electron chi connectivity index (χ4n) is 11.8. The fraction of sp³-hybridized carbons (Fsp3) is 0.948. The molecule has 0 aliphatic carbocycles. The van der Waals surface area contributed by atoms with Crippen LogP contribution < -0.4 is 0 Å². The minimum Gasteiger partial charge on any atom is -0.462 e. The fourth-order valence-corrected chi connectivity index (χ4v) is 13.4. The predicted molar refractivity (Wildman–Crippen MR) is 391 cm³/mol. The van der Waals surface area contributed by atoms with Gasteiger partial charge in [0.25, 0.3) is 0 Å². The van der Waals surface area contributed by atoms with Crippen molar-refractivity contribution in [1.82, 2.24) is 0 Å². The van der Waals surface area contributed by atoms with E-state index < -0.39 is 97.5 Å². The van der Waals surface area contributed by atoms with Crippen molar-refractivity contribution in [3.05, 3.63) is 0 Å². The molecular formula is C77H150O17P2. The van der Waals surface area contributed by atoms with Gasteiger partial charge in [-0.15, -0.1) is 0 Å². The van der Waals surface area contributed by atoms with Gasteiger partial charge < -0.3 is 33.8 Å². The Hall–Kier alpha value is -1.94. The van der Waals surface area contributed by atoms with Crippen molar-refractivity contribution in [3.8, 4) is 0 Å². The van der Waals surface area contributed by atoms with Crippen molar-refractivity contribution in [1.29, 1.82) is 0 Å². The van der Waals surface area contributed by atoms with Crippen molar-refractivity contribution >= 4 is 39.5 Å². The van der Waals surface area contributed by atoms with Gasteiger partial charge in [-0.1, -0.05) is 350 Å². The second-order valence-corrected chi connectivity index (χ2v) is 31.4. The van der Waals surface area contributed by atoms with Crippen molar-refractivity contribution < 1.29 is 80.2 Å². The number of aliphatic hydroxyl groups excluding tert-OH is 1. The second kappa shape index (κ2) is 68.8. The Morgan fingerprint density at radius 3 is 0.792 bits per heavy atom. The third kappa shape index (κ3) is 69.2. The standard InChI is InChI=1S/C77H150O17P2/c1-7-10-12-14-16-17-18-19-20-26-29-32-35-42-48-54-60-75(80)88-66-73(93-76(81)61-55-49-43-36-33-30-27-24-22-21-23-25-28-31-34-40-45-51-57-69(4)5)68-92-96(85,86)90-64-71(78)63-89-95(83,84)91-67-72(65-87-74(79)59-53-47-39-15-13-11-8-2)94-77(82)62-56-50-44-38-37-41-46-52-58-70(6)9-3/h69-73,78H,7-68H2,1-6H3,(H,83,84)(H,85,86)/t70?,71-,72+,73+/m0/s1. The van der Waals surface area contributed by atoms with Crippen LogP contribution in [0.2, 0.25) is 0 Å². The van der Waals surface area contributed by atoms with Gasteiger partial charge in [-0.25, -0.2) is 9.13 Å². The molecule has 0 spiro atoms. The molecule has 0 aromatic carbocycles. The molecule has 0 aliphatic heterocycles. The minimum atomic E-state index is -4.96. The molecule has 0 rings (SSSR count). The van der Waals surface area contributed by atoms with Gasteiger partial charge in [-0.2, -0.15) is 0 Å².